The molecule has 4 aromatic rings. The maximum absolute atomic E-state index is 12.6. The molecule has 0 fully saturated rings. The predicted molar refractivity (Wildman–Crippen MR) is 116 cm³/mol. The Labute approximate surface area is 170 Å². The summed E-state index contributed by atoms with van der Waals surface area (Å²) in [7, 11) is 0. The number of H-pyrrole nitrogens is 1. The molecule has 0 bridgehead atoms. The Balaban J connectivity index is 1.47. The molecule has 3 N–H and O–H groups in total. The van der Waals surface area contributed by atoms with Crippen molar-refractivity contribution in [2.75, 3.05) is 13.1 Å². The highest BCUT2D eigenvalue weighted by molar-refractivity contribution is 6.08. The minimum absolute atomic E-state index is 0.00150. The first kappa shape index (κ1) is 17.7. The normalized spacial score (nSPS) is 16.0. The maximum atomic E-state index is 12.6. The van der Waals surface area contributed by atoms with Crippen molar-refractivity contribution in [2.24, 2.45) is 0 Å². The molecule has 1 aliphatic heterocycles. The van der Waals surface area contributed by atoms with Crippen LogP contribution in [0.2, 0.25) is 0 Å². The Morgan fingerprint density at radius 1 is 0.897 bits per heavy atom. The molecule has 0 aliphatic carbocycles. The van der Waals surface area contributed by atoms with Gasteiger partial charge in [0.2, 0.25) is 0 Å². The fourth-order valence-electron chi connectivity index (χ4n) is 4.30. The summed E-state index contributed by atoms with van der Waals surface area (Å²) in [5, 5.41) is 7.91. The number of aromatic amines is 1. The monoisotopic (exact) mass is 381 g/mol. The zero-order chi connectivity index (χ0) is 19.6. The highest BCUT2D eigenvalue weighted by atomic mass is 16.1. The third-order valence-corrected chi connectivity index (χ3v) is 5.76. The van der Waals surface area contributed by atoms with Gasteiger partial charge >= 0.3 is 0 Å². The van der Waals surface area contributed by atoms with Crippen molar-refractivity contribution in [3.05, 3.63) is 107 Å². The first-order valence-corrected chi connectivity index (χ1v) is 10.0. The number of nitrogens with one attached hydrogen (secondary N) is 3. The van der Waals surface area contributed by atoms with Crippen LogP contribution in [0.4, 0.5) is 0 Å². The molecular formula is C25H23N3O. The van der Waals surface area contributed by atoms with Crippen molar-refractivity contribution in [3.8, 4) is 0 Å². The van der Waals surface area contributed by atoms with E-state index < -0.39 is 0 Å². The molecular weight excluding hydrogens is 358 g/mol. The lowest BCUT2D eigenvalue weighted by Gasteiger charge is -2.23. The number of rotatable bonds is 5. The van der Waals surface area contributed by atoms with E-state index in [1.165, 1.54) is 16.7 Å². The van der Waals surface area contributed by atoms with Crippen molar-refractivity contribution < 1.29 is 4.79 Å². The van der Waals surface area contributed by atoms with Gasteiger partial charge in [-0.2, -0.15) is 0 Å². The van der Waals surface area contributed by atoms with Crippen LogP contribution in [-0.4, -0.2) is 24.0 Å². The first-order chi connectivity index (χ1) is 14.3. The van der Waals surface area contributed by atoms with Crippen LogP contribution in [0.15, 0.2) is 85.1 Å². The molecule has 1 aliphatic rings. The van der Waals surface area contributed by atoms with Crippen molar-refractivity contribution in [3.63, 3.8) is 0 Å². The Morgan fingerprint density at radius 3 is 2.28 bits per heavy atom. The molecule has 0 saturated heterocycles. The van der Waals surface area contributed by atoms with Crippen LogP contribution in [0.3, 0.4) is 0 Å². The summed E-state index contributed by atoms with van der Waals surface area (Å²) >= 11 is 0. The number of aromatic nitrogens is 1. The van der Waals surface area contributed by atoms with E-state index in [0.717, 1.165) is 23.0 Å². The number of hydrogen-bond donors (Lipinski definition) is 3. The van der Waals surface area contributed by atoms with Gasteiger partial charge in [-0.15, -0.1) is 0 Å². The highest BCUT2D eigenvalue weighted by Crippen LogP contribution is 2.31. The molecule has 1 atom stereocenters. The third kappa shape index (κ3) is 3.32. The van der Waals surface area contributed by atoms with Crippen LogP contribution in [0.1, 0.15) is 39.0 Å². The van der Waals surface area contributed by atoms with E-state index in [9.17, 15) is 4.79 Å². The molecule has 1 aromatic heterocycles. The summed E-state index contributed by atoms with van der Waals surface area (Å²) < 4.78 is 0. The van der Waals surface area contributed by atoms with Gasteiger partial charge in [0.1, 0.15) is 0 Å². The van der Waals surface area contributed by atoms with Crippen LogP contribution in [0.25, 0.3) is 10.9 Å². The summed E-state index contributed by atoms with van der Waals surface area (Å²) in [4.78, 5) is 15.9. The second-order valence-electron chi connectivity index (χ2n) is 7.54. The summed E-state index contributed by atoms with van der Waals surface area (Å²) in [5.74, 6) is 0.188. The smallest absolute Gasteiger partial charge is 0.251 e. The Morgan fingerprint density at radius 2 is 1.59 bits per heavy atom. The molecule has 0 saturated carbocycles. The quantitative estimate of drug-likeness (QED) is 0.481. The maximum Gasteiger partial charge on any atom is 0.251 e. The minimum Gasteiger partial charge on any atom is -0.361 e. The SMILES string of the molecule is O=C1NCC(CNC(c2ccccc2)c2ccccc2)c2c[nH]c3cccc1c23. The fourth-order valence-corrected chi connectivity index (χ4v) is 4.30. The number of carbonyl (C=O) groups excluding carboxylic acids is 1. The topological polar surface area (TPSA) is 56.9 Å². The first-order valence-electron chi connectivity index (χ1n) is 10.0. The van der Waals surface area contributed by atoms with Crippen molar-refractivity contribution in [1.82, 2.24) is 15.6 Å². The zero-order valence-corrected chi connectivity index (χ0v) is 16.1. The van der Waals surface area contributed by atoms with Crippen molar-refractivity contribution in [1.29, 1.82) is 0 Å². The second kappa shape index (κ2) is 7.57. The summed E-state index contributed by atoms with van der Waals surface area (Å²) in [6.07, 6.45) is 2.06. The lowest BCUT2D eigenvalue weighted by Crippen LogP contribution is -2.33. The molecule has 5 rings (SSSR count). The standard InChI is InChI=1S/C25H23N3O/c29-25-20-12-7-13-22-23(20)21(16-26-22)19(15-28-25)14-27-24(17-8-3-1-4-9-17)18-10-5-2-6-11-18/h1-13,16,19,24,26-27H,14-15H2,(H,28,29). The molecule has 144 valence electrons. The van der Waals surface area contributed by atoms with Gasteiger partial charge in [-0.05, 0) is 28.8 Å². The minimum atomic E-state index is 0.00150. The van der Waals surface area contributed by atoms with Crippen LogP contribution in [-0.2, 0) is 0 Å². The van der Waals surface area contributed by atoms with E-state index in [1.807, 2.05) is 30.3 Å². The van der Waals surface area contributed by atoms with Crippen LogP contribution < -0.4 is 10.6 Å². The fraction of sp³-hybridized carbons (Fsp3) is 0.160. The van der Waals surface area contributed by atoms with Gasteiger partial charge in [0.25, 0.3) is 5.91 Å². The van der Waals surface area contributed by atoms with Crippen molar-refractivity contribution in [2.45, 2.75) is 12.0 Å². The van der Waals surface area contributed by atoms with Gasteiger partial charge in [0, 0.05) is 41.7 Å². The summed E-state index contributed by atoms with van der Waals surface area (Å²) in [6.45, 7) is 1.37. The van der Waals surface area contributed by atoms with Gasteiger partial charge in [0.15, 0.2) is 0 Å². The molecule has 4 nitrogen and oxygen atoms in total. The molecule has 29 heavy (non-hydrogen) atoms. The van der Waals surface area contributed by atoms with Crippen LogP contribution in [0, 0.1) is 0 Å². The van der Waals surface area contributed by atoms with Gasteiger partial charge in [0.05, 0.1) is 6.04 Å². The van der Waals surface area contributed by atoms with Gasteiger partial charge in [-0.25, -0.2) is 0 Å². The van der Waals surface area contributed by atoms with E-state index in [-0.39, 0.29) is 17.9 Å². The summed E-state index contributed by atoms with van der Waals surface area (Å²) in [5.41, 5.74) is 5.43. The number of carbonyl (C=O) groups is 1. The lowest BCUT2D eigenvalue weighted by molar-refractivity contribution is 0.0954. The highest BCUT2D eigenvalue weighted by Gasteiger charge is 2.26. The lowest BCUT2D eigenvalue weighted by atomic mass is 9.95. The number of benzene rings is 3. The molecule has 4 heteroatoms. The van der Waals surface area contributed by atoms with E-state index >= 15 is 0 Å². The average Bonchev–Trinajstić information content (AvgIpc) is 3.15. The van der Waals surface area contributed by atoms with E-state index in [2.05, 4.69) is 70.3 Å². The van der Waals surface area contributed by atoms with E-state index in [1.54, 1.807) is 0 Å². The Bertz CT molecular complexity index is 1100. The van der Waals surface area contributed by atoms with Crippen molar-refractivity contribution >= 4 is 16.8 Å². The second-order valence-corrected chi connectivity index (χ2v) is 7.54. The van der Waals surface area contributed by atoms with Gasteiger partial charge in [-0.1, -0.05) is 66.7 Å². The largest absolute Gasteiger partial charge is 0.361 e. The Hall–Kier alpha value is -3.37. The molecule has 1 amide bonds. The third-order valence-electron chi connectivity index (χ3n) is 5.76. The summed E-state index contributed by atoms with van der Waals surface area (Å²) in [6, 6.07) is 27.0. The van der Waals surface area contributed by atoms with Crippen LogP contribution in [0.5, 0.6) is 0 Å². The molecule has 3 aromatic carbocycles. The van der Waals surface area contributed by atoms with Crippen LogP contribution >= 0.6 is 0 Å². The molecule has 1 unspecified atom stereocenters. The number of hydrogen-bond acceptors (Lipinski definition) is 2. The van der Waals surface area contributed by atoms with Gasteiger partial charge in [-0.3, -0.25) is 4.79 Å². The predicted octanol–water partition coefficient (Wildman–Crippen LogP) is 4.37. The Kier molecular flexibility index (Phi) is 4.62. The molecule has 0 spiro atoms. The average molecular weight is 381 g/mol. The molecule has 0 radical (unpaired) electrons. The molecule has 2 heterocycles. The zero-order valence-electron chi connectivity index (χ0n) is 16.1. The van der Waals surface area contributed by atoms with E-state index in [0.29, 0.717) is 6.54 Å². The number of amides is 1. The van der Waals surface area contributed by atoms with E-state index in [4.69, 9.17) is 0 Å². The van der Waals surface area contributed by atoms with Gasteiger partial charge < -0.3 is 15.6 Å².